The van der Waals surface area contributed by atoms with E-state index in [1.54, 1.807) is 0 Å². The van der Waals surface area contributed by atoms with Gasteiger partial charge in [-0.3, -0.25) is 24.3 Å². The number of carbonyl (C=O) groups is 1. The van der Waals surface area contributed by atoms with Crippen LogP contribution in [0.1, 0.15) is 20.8 Å². The Bertz CT molecular complexity index is 1140. The summed E-state index contributed by atoms with van der Waals surface area (Å²) in [5.41, 5.74) is 1.29. The molecule has 0 fully saturated rings. The van der Waals surface area contributed by atoms with Gasteiger partial charge in [0.05, 0.1) is 22.2 Å². The number of nitro benzene ring substituents is 1. The fraction of sp³-hybridized carbons (Fsp3) is 0.286. The summed E-state index contributed by atoms with van der Waals surface area (Å²) in [6.07, 6.45) is 1.26. The van der Waals surface area contributed by atoms with E-state index in [1.807, 2.05) is 24.3 Å². The summed E-state index contributed by atoms with van der Waals surface area (Å²) < 4.78 is 1.13. The van der Waals surface area contributed by atoms with E-state index >= 15 is 0 Å². The first-order valence-corrected chi connectivity index (χ1v) is 9.60. The predicted octanol–water partition coefficient (Wildman–Crippen LogP) is 3.18. The third kappa shape index (κ3) is 4.45. The van der Waals surface area contributed by atoms with Gasteiger partial charge in [0.25, 0.3) is 11.2 Å². The molecule has 0 bridgehead atoms. The fourth-order valence-electron chi connectivity index (χ4n) is 3.31. The number of benzene rings is 2. The lowest BCUT2D eigenvalue weighted by molar-refractivity contribution is -0.384. The summed E-state index contributed by atoms with van der Waals surface area (Å²) in [5, 5.41) is 13.8. The van der Waals surface area contributed by atoms with Crippen LogP contribution in [0.25, 0.3) is 10.9 Å². The average Bonchev–Trinajstić information content (AvgIpc) is 2.71. The molecule has 3 aromatic rings. The molecule has 0 saturated heterocycles. The number of hydrogen-bond acceptors (Lipinski definition) is 6. The van der Waals surface area contributed by atoms with E-state index in [0.29, 0.717) is 17.2 Å². The molecule has 156 valence electrons. The van der Waals surface area contributed by atoms with Gasteiger partial charge in [0.1, 0.15) is 6.54 Å². The molecule has 3 rings (SSSR count). The molecule has 0 aliphatic heterocycles. The Balaban J connectivity index is 1.76. The van der Waals surface area contributed by atoms with Gasteiger partial charge in [-0.05, 0) is 51.1 Å². The minimum atomic E-state index is -0.578. The van der Waals surface area contributed by atoms with Gasteiger partial charge in [-0.1, -0.05) is 0 Å². The monoisotopic (exact) mass is 409 g/mol. The fourth-order valence-corrected chi connectivity index (χ4v) is 3.31. The number of carbonyl (C=O) groups excluding carboxylic acids is 1. The zero-order valence-corrected chi connectivity index (χ0v) is 17.0. The lowest BCUT2D eigenvalue weighted by Gasteiger charge is -2.27. The zero-order valence-electron chi connectivity index (χ0n) is 17.0. The van der Waals surface area contributed by atoms with Gasteiger partial charge in [0.15, 0.2) is 0 Å². The molecule has 0 saturated carbocycles. The maximum absolute atomic E-state index is 12.6. The summed E-state index contributed by atoms with van der Waals surface area (Å²) in [4.78, 5) is 41.8. The van der Waals surface area contributed by atoms with Gasteiger partial charge in [0.2, 0.25) is 5.91 Å². The number of non-ortho nitro benzene ring substituents is 1. The van der Waals surface area contributed by atoms with Crippen LogP contribution in [0.4, 0.5) is 17.1 Å². The molecular weight excluding hydrogens is 386 g/mol. The van der Waals surface area contributed by atoms with Crippen LogP contribution in [0.15, 0.2) is 53.6 Å². The van der Waals surface area contributed by atoms with Gasteiger partial charge >= 0.3 is 0 Å². The Kier molecular flexibility index (Phi) is 6.10. The van der Waals surface area contributed by atoms with E-state index in [4.69, 9.17) is 0 Å². The largest absolute Gasteiger partial charge is 0.369 e. The molecule has 0 spiro atoms. The van der Waals surface area contributed by atoms with E-state index in [0.717, 1.165) is 16.8 Å². The third-order valence-corrected chi connectivity index (χ3v) is 4.78. The zero-order chi connectivity index (χ0) is 21.8. The second kappa shape index (κ2) is 8.73. The lowest BCUT2D eigenvalue weighted by atomic mass is 10.2. The van der Waals surface area contributed by atoms with Crippen molar-refractivity contribution < 1.29 is 9.72 Å². The van der Waals surface area contributed by atoms with E-state index in [1.165, 1.54) is 24.5 Å². The molecule has 1 heterocycles. The highest BCUT2D eigenvalue weighted by Crippen LogP contribution is 2.20. The summed E-state index contributed by atoms with van der Waals surface area (Å²) in [6.45, 7) is 6.94. The Morgan fingerprint density at radius 1 is 1.23 bits per heavy atom. The maximum Gasteiger partial charge on any atom is 0.270 e. The van der Waals surface area contributed by atoms with Gasteiger partial charge in [-0.15, -0.1) is 0 Å². The summed E-state index contributed by atoms with van der Waals surface area (Å²) in [7, 11) is 0. The predicted molar refractivity (Wildman–Crippen MR) is 116 cm³/mol. The van der Waals surface area contributed by atoms with Gasteiger partial charge < -0.3 is 10.2 Å². The highest BCUT2D eigenvalue weighted by Gasteiger charge is 2.13. The van der Waals surface area contributed by atoms with Gasteiger partial charge in [-0.2, -0.15) is 0 Å². The lowest BCUT2D eigenvalue weighted by Crippen LogP contribution is -2.30. The number of hydrogen-bond donors (Lipinski definition) is 1. The van der Waals surface area contributed by atoms with Crippen molar-refractivity contribution in [2.45, 2.75) is 33.4 Å². The van der Waals surface area contributed by atoms with E-state index in [-0.39, 0.29) is 17.6 Å². The number of fused-ring (bicyclic) bond motifs is 1. The average molecular weight is 409 g/mol. The molecule has 9 heteroatoms. The van der Waals surface area contributed by atoms with Crippen LogP contribution >= 0.6 is 0 Å². The quantitative estimate of drug-likeness (QED) is 0.474. The maximum atomic E-state index is 12.6. The van der Waals surface area contributed by atoms with Crippen molar-refractivity contribution in [2.75, 3.05) is 16.8 Å². The molecule has 0 unspecified atom stereocenters. The summed E-state index contributed by atoms with van der Waals surface area (Å²) in [5.74, 6) is -0.396. The van der Waals surface area contributed by atoms with Crippen LogP contribution in [0, 0.1) is 10.1 Å². The van der Waals surface area contributed by atoms with E-state index < -0.39 is 16.4 Å². The third-order valence-electron chi connectivity index (χ3n) is 4.78. The first kappa shape index (κ1) is 21.0. The Hall–Kier alpha value is -3.75. The number of nitrogens with zero attached hydrogens (tertiary/aromatic N) is 4. The minimum absolute atomic E-state index is 0.0946. The molecular formula is C21H23N5O4. The van der Waals surface area contributed by atoms with Crippen molar-refractivity contribution in [3.63, 3.8) is 0 Å². The number of amides is 1. The smallest absolute Gasteiger partial charge is 0.270 e. The molecule has 0 radical (unpaired) electrons. The van der Waals surface area contributed by atoms with Crippen LogP contribution in [0.2, 0.25) is 0 Å². The number of rotatable bonds is 7. The second-order valence-corrected chi connectivity index (χ2v) is 7.11. The molecule has 2 aromatic carbocycles. The van der Waals surface area contributed by atoms with Crippen molar-refractivity contribution in [1.82, 2.24) is 9.55 Å². The van der Waals surface area contributed by atoms with Gasteiger partial charge in [0, 0.05) is 36.1 Å². The molecule has 1 N–H and O–H groups in total. The molecule has 1 aromatic heterocycles. The van der Waals surface area contributed by atoms with Crippen LogP contribution in [-0.2, 0) is 11.3 Å². The number of anilines is 2. The highest BCUT2D eigenvalue weighted by atomic mass is 16.6. The highest BCUT2D eigenvalue weighted by molar-refractivity contribution is 5.91. The van der Waals surface area contributed by atoms with E-state index in [9.17, 15) is 19.7 Å². The number of nitrogens with one attached hydrogen (secondary N) is 1. The molecule has 0 atom stereocenters. The van der Waals surface area contributed by atoms with Crippen molar-refractivity contribution in [3.05, 3.63) is 69.3 Å². The van der Waals surface area contributed by atoms with Crippen LogP contribution in [-0.4, -0.2) is 33.0 Å². The van der Waals surface area contributed by atoms with Gasteiger partial charge in [-0.25, -0.2) is 4.98 Å². The van der Waals surface area contributed by atoms with Crippen molar-refractivity contribution >= 4 is 33.9 Å². The summed E-state index contributed by atoms with van der Waals surface area (Å²) >= 11 is 0. The topological polar surface area (TPSA) is 110 Å². The molecule has 1 amide bonds. The van der Waals surface area contributed by atoms with Crippen molar-refractivity contribution in [3.8, 4) is 0 Å². The van der Waals surface area contributed by atoms with E-state index in [2.05, 4.69) is 36.0 Å². The molecule has 0 aliphatic carbocycles. The van der Waals surface area contributed by atoms with Crippen LogP contribution in [0.5, 0.6) is 0 Å². The minimum Gasteiger partial charge on any atom is -0.369 e. The standard InChI is InChI=1S/C21H23N5O4/c1-4-25(14(2)3)16-7-5-15(6-8-16)23-20(27)12-24-13-22-19-10-9-17(26(29)30)11-18(19)21(24)28/h5-11,13-14H,4,12H2,1-3H3,(H,23,27). The first-order chi connectivity index (χ1) is 14.3. The summed E-state index contributed by atoms with van der Waals surface area (Å²) in [6, 6.07) is 11.7. The number of aromatic nitrogens is 2. The van der Waals surface area contributed by atoms with Crippen LogP contribution < -0.4 is 15.8 Å². The van der Waals surface area contributed by atoms with Crippen LogP contribution in [0.3, 0.4) is 0 Å². The Labute approximate surface area is 173 Å². The molecule has 30 heavy (non-hydrogen) atoms. The number of nitro groups is 1. The molecule has 0 aliphatic rings. The Morgan fingerprint density at radius 3 is 2.53 bits per heavy atom. The van der Waals surface area contributed by atoms with Crippen molar-refractivity contribution in [1.29, 1.82) is 0 Å². The second-order valence-electron chi connectivity index (χ2n) is 7.11. The van der Waals surface area contributed by atoms with Crippen molar-refractivity contribution in [2.24, 2.45) is 0 Å². The normalized spacial score (nSPS) is 10.9. The first-order valence-electron chi connectivity index (χ1n) is 9.60. The molecule has 9 nitrogen and oxygen atoms in total. The SMILES string of the molecule is CCN(c1ccc(NC(=O)Cn2cnc3ccc([N+](=O)[O-])cc3c2=O)cc1)C(C)C. The Morgan fingerprint density at radius 2 is 1.93 bits per heavy atom.